The molecule has 1 aliphatic rings. The summed E-state index contributed by atoms with van der Waals surface area (Å²) >= 11 is 0. The van der Waals surface area contributed by atoms with Gasteiger partial charge in [0.05, 0.1) is 19.0 Å². The molecule has 19 heavy (non-hydrogen) atoms. The van der Waals surface area contributed by atoms with Crippen LogP contribution >= 0.6 is 0 Å². The van der Waals surface area contributed by atoms with Crippen LogP contribution < -0.4 is 4.84 Å². The highest BCUT2D eigenvalue weighted by atomic mass is 16.7. The Morgan fingerprint density at radius 3 is 2.58 bits per heavy atom. The van der Waals surface area contributed by atoms with Gasteiger partial charge in [-0.25, -0.2) is 9.59 Å². The second kappa shape index (κ2) is 5.73. The third kappa shape index (κ3) is 3.04. The zero-order valence-corrected chi connectivity index (χ0v) is 11.1. The van der Waals surface area contributed by atoms with Crippen molar-refractivity contribution in [1.29, 1.82) is 0 Å². The molecule has 2 heterocycles. The first-order valence-corrected chi connectivity index (χ1v) is 6.23. The first kappa shape index (κ1) is 13.4. The highest BCUT2D eigenvalue weighted by molar-refractivity contribution is 5.90. The van der Waals surface area contributed by atoms with E-state index in [9.17, 15) is 9.59 Å². The number of aromatic nitrogens is 2. The fourth-order valence-electron chi connectivity index (χ4n) is 2.01. The molecule has 0 N–H and O–H groups in total. The van der Waals surface area contributed by atoms with Gasteiger partial charge in [0, 0.05) is 13.1 Å². The van der Waals surface area contributed by atoms with Crippen LogP contribution in [0.3, 0.4) is 0 Å². The van der Waals surface area contributed by atoms with Crippen LogP contribution in [0.4, 0.5) is 4.79 Å². The summed E-state index contributed by atoms with van der Waals surface area (Å²) in [5, 5.41) is 3.96. The SMILES string of the molecule is COC(=O)c1cn(OC(=O)N2CCCCC2)nc1C. The number of aryl methyl sites for hydroxylation is 1. The molecule has 1 aliphatic heterocycles. The van der Waals surface area contributed by atoms with E-state index in [1.807, 2.05) is 0 Å². The van der Waals surface area contributed by atoms with E-state index in [1.165, 1.54) is 13.3 Å². The van der Waals surface area contributed by atoms with Gasteiger partial charge in [-0.2, -0.15) is 0 Å². The molecule has 0 aliphatic carbocycles. The summed E-state index contributed by atoms with van der Waals surface area (Å²) in [6, 6.07) is 0. The van der Waals surface area contributed by atoms with Gasteiger partial charge in [0.15, 0.2) is 0 Å². The van der Waals surface area contributed by atoms with Crippen LogP contribution in [-0.2, 0) is 4.74 Å². The smallest absolute Gasteiger partial charge is 0.435 e. The zero-order valence-electron chi connectivity index (χ0n) is 11.1. The van der Waals surface area contributed by atoms with Gasteiger partial charge in [0.2, 0.25) is 0 Å². The fourth-order valence-corrected chi connectivity index (χ4v) is 2.01. The molecule has 1 saturated heterocycles. The van der Waals surface area contributed by atoms with Crippen LogP contribution in [0.25, 0.3) is 0 Å². The minimum absolute atomic E-state index is 0.286. The lowest BCUT2D eigenvalue weighted by Gasteiger charge is -2.25. The molecule has 1 aromatic heterocycles. The molecule has 1 aromatic rings. The maximum Gasteiger partial charge on any atom is 0.435 e. The summed E-state index contributed by atoms with van der Waals surface area (Å²) in [4.78, 5) is 31.0. The van der Waals surface area contributed by atoms with E-state index in [1.54, 1.807) is 11.8 Å². The van der Waals surface area contributed by atoms with Gasteiger partial charge in [-0.05, 0) is 26.2 Å². The van der Waals surface area contributed by atoms with E-state index in [2.05, 4.69) is 9.84 Å². The minimum atomic E-state index is -0.502. The van der Waals surface area contributed by atoms with Crippen LogP contribution in [-0.4, -0.2) is 47.1 Å². The molecular weight excluding hydrogens is 250 g/mol. The molecule has 0 saturated carbocycles. The summed E-state index contributed by atoms with van der Waals surface area (Å²) in [7, 11) is 1.29. The first-order chi connectivity index (χ1) is 9.11. The highest BCUT2D eigenvalue weighted by Crippen LogP contribution is 2.10. The van der Waals surface area contributed by atoms with Gasteiger partial charge >= 0.3 is 12.1 Å². The van der Waals surface area contributed by atoms with E-state index >= 15 is 0 Å². The normalized spacial score (nSPS) is 15.2. The number of likely N-dealkylation sites (tertiary alicyclic amines) is 1. The number of esters is 1. The topological polar surface area (TPSA) is 73.7 Å². The van der Waals surface area contributed by atoms with Crippen molar-refractivity contribution < 1.29 is 19.2 Å². The van der Waals surface area contributed by atoms with Crippen molar-refractivity contribution in [1.82, 2.24) is 14.8 Å². The van der Waals surface area contributed by atoms with Crippen molar-refractivity contribution in [3.05, 3.63) is 17.5 Å². The van der Waals surface area contributed by atoms with Crippen molar-refractivity contribution in [2.75, 3.05) is 20.2 Å². The molecular formula is C12H17N3O4. The van der Waals surface area contributed by atoms with Gasteiger partial charge in [0.1, 0.15) is 5.56 Å². The Morgan fingerprint density at radius 1 is 1.26 bits per heavy atom. The van der Waals surface area contributed by atoms with Gasteiger partial charge in [0.25, 0.3) is 0 Å². The Morgan fingerprint density at radius 2 is 1.95 bits per heavy atom. The van der Waals surface area contributed by atoms with Crippen LogP contribution in [0, 0.1) is 6.92 Å². The quantitative estimate of drug-likeness (QED) is 0.748. The number of amides is 1. The molecule has 0 atom stereocenters. The summed E-state index contributed by atoms with van der Waals surface area (Å²) in [5.41, 5.74) is 0.743. The molecule has 7 nitrogen and oxygen atoms in total. The van der Waals surface area contributed by atoms with E-state index in [4.69, 9.17) is 4.84 Å². The van der Waals surface area contributed by atoms with Crippen LogP contribution in [0.2, 0.25) is 0 Å². The van der Waals surface area contributed by atoms with Crippen LogP contribution in [0.5, 0.6) is 0 Å². The number of hydrogen-bond acceptors (Lipinski definition) is 5. The summed E-state index contributed by atoms with van der Waals surface area (Å²) in [5.74, 6) is -0.502. The van der Waals surface area contributed by atoms with Gasteiger partial charge in [-0.3, -0.25) is 4.84 Å². The average molecular weight is 267 g/mol. The number of carbonyl (C=O) groups excluding carboxylic acids is 2. The van der Waals surface area contributed by atoms with Crippen molar-refractivity contribution in [3.63, 3.8) is 0 Å². The van der Waals surface area contributed by atoms with Crippen molar-refractivity contribution in [3.8, 4) is 0 Å². The first-order valence-electron chi connectivity index (χ1n) is 6.23. The molecule has 0 unspecified atom stereocenters. The Hall–Kier alpha value is -2.05. The Bertz CT molecular complexity index is 477. The van der Waals surface area contributed by atoms with Crippen LogP contribution in [0.1, 0.15) is 35.3 Å². The molecule has 0 radical (unpaired) electrons. The number of ether oxygens (including phenoxy) is 1. The zero-order chi connectivity index (χ0) is 13.8. The summed E-state index contributed by atoms with van der Waals surface area (Å²) in [6.07, 6.45) is 4.01. The minimum Gasteiger partial charge on any atom is -0.465 e. The molecule has 1 amide bonds. The summed E-state index contributed by atoms with van der Waals surface area (Å²) < 4.78 is 4.61. The number of carbonyl (C=O) groups is 2. The largest absolute Gasteiger partial charge is 0.465 e. The number of methoxy groups -OCH3 is 1. The van der Waals surface area contributed by atoms with E-state index < -0.39 is 12.1 Å². The predicted octanol–water partition coefficient (Wildman–Crippen LogP) is 1.01. The molecule has 0 bridgehead atoms. The molecule has 104 valence electrons. The number of rotatable bonds is 2. The van der Waals surface area contributed by atoms with Crippen LogP contribution in [0.15, 0.2) is 6.20 Å². The standard InChI is InChI=1S/C12H17N3O4/c1-9-10(11(16)18-2)8-15(13-9)19-12(17)14-6-4-3-5-7-14/h8H,3-7H2,1-2H3. The van der Waals surface area contributed by atoms with E-state index in [0.29, 0.717) is 18.8 Å². The lowest BCUT2D eigenvalue weighted by atomic mass is 10.1. The highest BCUT2D eigenvalue weighted by Gasteiger charge is 2.20. The Labute approximate surface area is 111 Å². The van der Waals surface area contributed by atoms with Gasteiger partial charge < -0.3 is 9.64 Å². The van der Waals surface area contributed by atoms with Crippen molar-refractivity contribution in [2.45, 2.75) is 26.2 Å². The van der Waals surface area contributed by atoms with E-state index in [-0.39, 0.29) is 5.56 Å². The molecule has 0 spiro atoms. The monoisotopic (exact) mass is 267 g/mol. The van der Waals surface area contributed by atoms with E-state index in [0.717, 1.165) is 24.1 Å². The number of hydrogen-bond donors (Lipinski definition) is 0. The summed E-state index contributed by atoms with van der Waals surface area (Å²) in [6.45, 7) is 3.05. The lowest BCUT2D eigenvalue weighted by Crippen LogP contribution is -2.40. The predicted molar refractivity (Wildman–Crippen MR) is 65.7 cm³/mol. The molecule has 7 heteroatoms. The van der Waals surface area contributed by atoms with Gasteiger partial charge in [-0.15, -0.1) is 5.10 Å². The Kier molecular flexibility index (Phi) is 4.03. The number of nitrogens with zero attached hydrogens (tertiary/aromatic N) is 3. The molecule has 1 fully saturated rings. The van der Waals surface area contributed by atoms with Crippen molar-refractivity contribution in [2.24, 2.45) is 0 Å². The maximum atomic E-state index is 11.9. The Balaban J connectivity index is 2.02. The molecule has 2 rings (SSSR count). The van der Waals surface area contributed by atoms with Crippen molar-refractivity contribution >= 4 is 12.1 Å². The lowest BCUT2D eigenvalue weighted by molar-refractivity contribution is 0.0591. The second-order valence-electron chi connectivity index (χ2n) is 4.43. The third-order valence-corrected chi connectivity index (χ3v) is 3.07. The average Bonchev–Trinajstić information content (AvgIpc) is 2.79. The third-order valence-electron chi connectivity index (χ3n) is 3.07. The molecule has 0 aromatic carbocycles. The fraction of sp³-hybridized carbons (Fsp3) is 0.583. The van der Waals surface area contributed by atoms with Gasteiger partial charge in [-0.1, -0.05) is 4.85 Å². The second-order valence-corrected chi connectivity index (χ2v) is 4.43. The number of piperidine rings is 1. The maximum absolute atomic E-state index is 11.9.